The zero-order valence-corrected chi connectivity index (χ0v) is 9.77. The normalized spacial score (nSPS) is 18.5. The van der Waals surface area contributed by atoms with Gasteiger partial charge in [-0.1, -0.05) is 30.3 Å². The minimum atomic E-state index is -0.260. The number of Topliss-reactive ketones (excluding diaryl/α,β-unsaturated/α-hetero) is 1. The molecule has 0 aliphatic carbocycles. The first-order chi connectivity index (χ1) is 8.25. The summed E-state index contributed by atoms with van der Waals surface area (Å²) in [6.07, 6.45) is 1.45. The summed E-state index contributed by atoms with van der Waals surface area (Å²) < 4.78 is 5.75. The molecule has 1 unspecified atom stereocenters. The van der Waals surface area contributed by atoms with E-state index in [1.165, 1.54) is 16.3 Å². The number of ketones is 1. The van der Waals surface area contributed by atoms with Crippen molar-refractivity contribution in [1.29, 1.82) is 0 Å². The van der Waals surface area contributed by atoms with Crippen molar-refractivity contribution in [3.63, 3.8) is 0 Å². The second-order valence-electron chi connectivity index (χ2n) is 4.52. The van der Waals surface area contributed by atoms with Crippen LogP contribution in [-0.4, -0.2) is 11.9 Å². The number of hydrogen-bond acceptors (Lipinski definition) is 2. The minimum absolute atomic E-state index is 0.115. The van der Waals surface area contributed by atoms with Gasteiger partial charge in [0.2, 0.25) is 0 Å². The maximum absolute atomic E-state index is 11.3. The van der Waals surface area contributed by atoms with Gasteiger partial charge in [-0.25, -0.2) is 0 Å². The van der Waals surface area contributed by atoms with Gasteiger partial charge < -0.3 is 4.74 Å². The Morgan fingerprint density at radius 3 is 2.88 bits per heavy atom. The standard InChI is InChI=1S/C15H14O2/c1-10(16)14-9-7-13-12-5-3-2-4-11(12)6-8-15(13)17-14/h2-6,8,14H,7,9H2,1H3. The van der Waals surface area contributed by atoms with Gasteiger partial charge in [0.05, 0.1) is 0 Å². The molecule has 0 radical (unpaired) electrons. The van der Waals surface area contributed by atoms with Crippen LogP contribution in [0.1, 0.15) is 18.9 Å². The Morgan fingerprint density at radius 1 is 1.24 bits per heavy atom. The van der Waals surface area contributed by atoms with Gasteiger partial charge in [-0.3, -0.25) is 4.79 Å². The summed E-state index contributed by atoms with van der Waals surface area (Å²) in [7, 11) is 0. The zero-order valence-electron chi connectivity index (χ0n) is 9.77. The third-order valence-electron chi connectivity index (χ3n) is 3.38. The molecule has 2 heteroatoms. The van der Waals surface area contributed by atoms with Crippen molar-refractivity contribution in [3.05, 3.63) is 42.0 Å². The lowest BCUT2D eigenvalue weighted by Crippen LogP contribution is -2.29. The molecule has 1 aliphatic rings. The molecule has 1 atom stereocenters. The highest BCUT2D eigenvalue weighted by Crippen LogP contribution is 2.33. The first-order valence-corrected chi connectivity index (χ1v) is 5.93. The fourth-order valence-corrected chi connectivity index (χ4v) is 2.46. The van der Waals surface area contributed by atoms with E-state index in [9.17, 15) is 4.79 Å². The van der Waals surface area contributed by atoms with Gasteiger partial charge in [-0.2, -0.15) is 0 Å². The van der Waals surface area contributed by atoms with Crippen LogP contribution < -0.4 is 4.74 Å². The lowest BCUT2D eigenvalue weighted by atomic mass is 9.95. The van der Waals surface area contributed by atoms with Crippen LogP contribution in [0.4, 0.5) is 0 Å². The number of aryl methyl sites for hydroxylation is 1. The molecule has 0 aromatic heterocycles. The van der Waals surface area contributed by atoms with Crippen molar-refractivity contribution >= 4 is 16.6 Å². The summed E-state index contributed by atoms with van der Waals surface area (Å²) in [6, 6.07) is 12.3. The molecule has 3 rings (SSSR count). The van der Waals surface area contributed by atoms with Gasteiger partial charge in [0, 0.05) is 5.56 Å². The number of fused-ring (bicyclic) bond motifs is 3. The molecule has 86 valence electrons. The van der Waals surface area contributed by atoms with E-state index in [1.54, 1.807) is 6.92 Å². The molecule has 0 fully saturated rings. The highest BCUT2D eigenvalue weighted by molar-refractivity contribution is 5.89. The molecule has 0 N–H and O–H groups in total. The molecule has 0 saturated heterocycles. The van der Waals surface area contributed by atoms with Crippen molar-refractivity contribution < 1.29 is 9.53 Å². The maximum atomic E-state index is 11.3. The monoisotopic (exact) mass is 226 g/mol. The predicted octanol–water partition coefficient (Wildman–Crippen LogP) is 3.12. The Hall–Kier alpha value is -1.83. The SMILES string of the molecule is CC(=O)C1CCc2c(ccc3ccccc23)O1. The van der Waals surface area contributed by atoms with Gasteiger partial charge >= 0.3 is 0 Å². The van der Waals surface area contributed by atoms with Crippen LogP contribution in [0.15, 0.2) is 36.4 Å². The quantitative estimate of drug-likeness (QED) is 0.746. The van der Waals surface area contributed by atoms with Gasteiger partial charge in [-0.15, -0.1) is 0 Å². The van der Waals surface area contributed by atoms with Crippen molar-refractivity contribution in [1.82, 2.24) is 0 Å². The highest BCUT2D eigenvalue weighted by atomic mass is 16.5. The average Bonchev–Trinajstić information content (AvgIpc) is 2.38. The third-order valence-corrected chi connectivity index (χ3v) is 3.38. The van der Waals surface area contributed by atoms with Crippen molar-refractivity contribution in [2.24, 2.45) is 0 Å². The maximum Gasteiger partial charge on any atom is 0.170 e. The number of benzene rings is 2. The lowest BCUT2D eigenvalue weighted by molar-refractivity contribution is -0.124. The fraction of sp³-hybridized carbons (Fsp3) is 0.267. The minimum Gasteiger partial charge on any atom is -0.482 e. The molecular formula is C15H14O2. The van der Waals surface area contributed by atoms with Crippen LogP contribution in [0.3, 0.4) is 0 Å². The first kappa shape index (κ1) is 10.3. The largest absolute Gasteiger partial charge is 0.482 e. The molecule has 0 saturated carbocycles. The van der Waals surface area contributed by atoms with E-state index in [0.29, 0.717) is 0 Å². The third kappa shape index (κ3) is 1.70. The molecule has 1 heterocycles. The molecular weight excluding hydrogens is 212 g/mol. The smallest absolute Gasteiger partial charge is 0.170 e. The van der Waals surface area contributed by atoms with E-state index in [1.807, 2.05) is 18.2 Å². The number of rotatable bonds is 1. The zero-order chi connectivity index (χ0) is 11.8. The highest BCUT2D eigenvalue weighted by Gasteiger charge is 2.24. The molecule has 17 heavy (non-hydrogen) atoms. The molecule has 1 aliphatic heterocycles. The van der Waals surface area contributed by atoms with Crippen molar-refractivity contribution in [2.75, 3.05) is 0 Å². The van der Waals surface area contributed by atoms with Crippen molar-refractivity contribution in [2.45, 2.75) is 25.9 Å². The number of carbonyl (C=O) groups is 1. The molecule has 0 amide bonds. The Kier molecular flexibility index (Phi) is 2.36. The fourth-order valence-electron chi connectivity index (χ4n) is 2.46. The lowest BCUT2D eigenvalue weighted by Gasteiger charge is -2.25. The number of ether oxygens (including phenoxy) is 1. The molecule has 2 aromatic rings. The predicted molar refractivity (Wildman–Crippen MR) is 67.4 cm³/mol. The van der Waals surface area contributed by atoms with E-state index < -0.39 is 0 Å². The Bertz CT molecular complexity index is 586. The summed E-state index contributed by atoms with van der Waals surface area (Å²) >= 11 is 0. The van der Waals surface area contributed by atoms with E-state index in [2.05, 4.69) is 18.2 Å². The van der Waals surface area contributed by atoms with Crippen LogP contribution in [0.2, 0.25) is 0 Å². The van der Waals surface area contributed by atoms with Crippen LogP contribution in [0.25, 0.3) is 10.8 Å². The molecule has 2 aromatic carbocycles. The van der Waals surface area contributed by atoms with Crippen LogP contribution in [0, 0.1) is 0 Å². The van der Waals surface area contributed by atoms with Gasteiger partial charge in [0.1, 0.15) is 5.75 Å². The van der Waals surface area contributed by atoms with Crippen LogP contribution in [0.5, 0.6) is 5.75 Å². The number of carbonyl (C=O) groups excluding carboxylic acids is 1. The van der Waals surface area contributed by atoms with Gasteiger partial charge in [0.25, 0.3) is 0 Å². The first-order valence-electron chi connectivity index (χ1n) is 5.93. The van der Waals surface area contributed by atoms with E-state index in [4.69, 9.17) is 4.74 Å². The van der Waals surface area contributed by atoms with E-state index >= 15 is 0 Å². The second kappa shape index (κ2) is 3.88. The topological polar surface area (TPSA) is 26.3 Å². The summed E-state index contributed by atoms with van der Waals surface area (Å²) in [5, 5.41) is 2.48. The summed E-state index contributed by atoms with van der Waals surface area (Å²) in [4.78, 5) is 11.3. The van der Waals surface area contributed by atoms with Crippen LogP contribution >= 0.6 is 0 Å². The molecule has 2 nitrogen and oxygen atoms in total. The summed E-state index contributed by atoms with van der Waals surface area (Å²) in [5.41, 5.74) is 1.24. The van der Waals surface area contributed by atoms with Gasteiger partial charge in [0.15, 0.2) is 11.9 Å². The summed E-state index contributed by atoms with van der Waals surface area (Å²) in [5.74, 6) is 0.985. The Labute approximate surface area is 100 Å². The van der Waals surface area contributed by atoms with E-state index in [-0.39, 0.29) is 11.9 Å². The van der Waals surface area contributed by atoms with E-state index in [0.717, 1.165) is 18.6 Å². The van der Waals surface area contributed by atoms with Crippen LogP contribution in [-0.2, 0) is 11.2 Å². The van der Waals surface area contributed by atoms with Gasteiger partial charge in [-0.05, 0) is 36.6 Å². The summed E-state index contributed by atoms with van der Waals surface area (Å²) in [6.45, 7) is 1.59. The van der Waals surface area contributed by atoms with Crippen molar-refractivity contribution in [3.8, 4) is 5.75 Å². The Morgan fingerprint density at radius 2 is 2.06 bits per heavy atom. The average molecular weight is 226 g/mol. The molecule has 0 bridgehead atoms. The second-order valence-corrected chi connectivity index (χ2v) is 4.52. The molecule has 0 spiro atoms. The number of hydrogen-bond donors (Lipinski definition) is 0. The Balaban J connectivity index is 2.11.